The molecule has 2 heterocycles. The highest BCUT2D eigenvalue weighted by molar-refractivity contribution is 5.77. The molecule has 0 spiro atoms. The number of carbonyl (C=O) groups is 2. The Kier molecular flexibility index (Phi) is 3.99. The summed E-state index contributed by atoms with van der Waals surface area (Å²) in [6, 6.07) is 5.26. The van der Waals surface area contributed by atoms with Gasteiger partial charge in [-0.3, -0.25) is 9.78 Å². The summed E-state index contributed by atoms with van der Waals surface area (Å²) in [5, 5.41) is 11.8. The molecule has 1 aliphatic rings. The van der Waals surface area contributed by atoms with Crippen molar-refractivity contribution >= 4 is 12.0 Å². The molecular formula is C13H17N3O3. The molecule has 6 heteroatoms. The second-order valence-corrected chi connectivity index (χ2v) is 4.81. The number of nitrogens with zero attached hydrogens (tertiary/aromatic N) is 2. The molecule has 0 radical (unpaired) electrons. The van der Waals surface area contributed by atoms with Gasteiger partial charge in [0.2, 0.25) is 0 Å². The molecule has 1 aliphatic heterocycles. The molecule has 19 heavy (non-hydrogen) atoms. The van der Waals surface area contributed by atoms with E-state index in [-0.39, 0.29) is 18.5 Å². The number of likely N-dealkylation sites (tertiary alicyclic amines) is 1. The van der Waals surface area contributed by atoms with Crippen LogP contribution in [0.4, 0.5) is 4.79 Å². The summed E-state index contributed by atoms with van der Waals surface area (Å²) in [6.07, 6.45) is 1.67. The van der Waals surface area contributed by atoms with E-state index in [0.717, 1.165) is 5.69 Å². The minimum atomic E-state index is -0.840. The molecule has 0 aliphatic carbocycles. The van der Waals surface area contributed by atoms with Crippen LogP contribution in [0.5, 0.6) is 0 Å². The zero-order valence-corrected chi connectivity index (χ0v) is 10.7. The van der Waals surface area contributed by atoms with Gasteiger partial charge < -0.3 is 15.3 Å². The second-order valence-electron chi connectivity index (χ2n) is 4.81. The molecule has 1 aromatic heterocycles. The molecule has 1 fully saturated rings. The van der Waals surface area contributed by atoms with E-state index in [0.29, 0.717) is 13.1 Å². The molecular weight excluding hydrogens is 246 g/mol. The Labute approximate surface area is 111 Å². The Morgan fingerprint density at radius 2 is 2.26 bits per heavy atom. The van der Waals surface area contributed by atoms with Crippen molar-refractivity contribution in [1.29, 1.82) is 0 Å². The van der Waals surface area contributed by atoms with Crippen molar-refractivity contribution in [1.82, 2.24) is 15.2 Å². The van der Waals surface area contributed by atoms with E-state index in [1.807, 2.05) is 25.1 Å². The topological polar surface area (TPSA) is 82.5 Å². The first-order chi connectivity index (χ1) is 9.08. The first kappa shape index (κ1) is 13.3. The van der Waals surface area contributed by atoms with Crippen molar-refractivity contribution in [3.8, 4) is 0 Å². The van der Waals surface area contributed by atoms with Gasteiger partial charge in [-0.2, -0.15) is 0 Å². The third-order valence-electron chi connectivity index (χ3n) is 3.36. The number of carboxylic acids is 1. The highest BCUT2D eigenvalue weighted by Gasteiger charge is 2.36. The van der Waals surface area contributed by atoms with Crippen LogP contribution >= 0.6 is 0 Å². The maximum atomic E-state index is 11.9. The number of hydrogen-bond acceptors (Lipinski definition) is 3. The lowest BCUT2D eigenvalue weighted by Crippen LogP contribution is -2.38. The van der Waals surface area contributed by atoms with Crippen LogP contribution in [0.1, 0.15) is 12.6 Å². The molecule has 0 aromatic carbocycles. The lowest BCUT2D eigenvalue weighted by atomic mass is 9.99. The van der Waals surface area contributed by atoms with Gasteiger partial charge in [-0.15, -0.1) is 0 Å². The van der Waals surface area contributed by atoms with Gasteiger partial charge in [0, 0.05) is 19.3 Å². The van der Waals surface area contributed by atoms with Crippen LogP contribution < -0.4 is 5.32 Å². The van der Waals surface area contributed by atoms with E-state index in [1.165, 1.54) is 0 Å². The van der Waals surface area contributed by atoms with E-state index < -0.39 is 11.9 Å². The smallest absolute Gasteiger partial charge is 0.317 e. The van der Waals surface area contributed by atoms with E-state index in [2.05, 4.69) is 10.3 Å². The largest absolute Gasteiger partial charge is 0.481 e. The number of carboxylic acid groups (broad SMARTS) is 1. The maximum Gasteiger partial charge on any atom is 0.317 e. The lowest BCUT2D eigenvalue weighted by molar-refractivity contribution is -0.142. The maximum absolute atomic E-state index is 11.9. The monoisotopic (exact) mass is 263 g/mol. The van der Waals surface area contributed by atoms with E-state index in [1.54, 1.807) is 11.1 Å². The highest BCUT2D eigenvalue weighted by atomic mass is 16.4. The fourth-order valence-corrected chi connectivity index (χ4v) is 2.23. The number of carbonyl (C=O) groups excluding carboxylic acids is 1. The van der Waals surface area contributed by atoms with Crippen LogP contribution in [-0.2, 0) is 11.3 Å². The Bertz CT molecular complexity index is 463. The minimum Gasteiger partial charge on any atom is -0.481 e. The third-order valence-corrected chi connectivity index (χ3v) is 3.36. The fraction of sp³-hybridized carbons (Fsp3) is 0.462. The van der Waals surface area contributed by atoms with Gasteiger partial charge in [0.15, 0.2) is 0 Å². The van der Waals surface area contributed by atoms with Crippen LogP contribution in [0.25, 0.3) is 0 Å². The fourth-order valence-electron chi connectivity index (χ4n) is 2.23. The predicted molar refractivity (Wildman–Crippen MR) is 68.3 cm³/mol. The summed E-state index contributed by atoms with van der Waals surface area (Å²) in [7, 11) is 0. The summed E-state index contributed by atoms with van der Waals surface area (Å²) < 4.78 is 0. The van der Waals surface area contributed by atoms with E-state index in [9.17, 15) is 9.59 Å². The van der Waals surface area contributed by atoms with E-state index >= 15 is 0 Å². The predicted octanol–water partition coefficient (Wildman–Crippen LogP) is 0.944. The molecule has 2 N–H and O–H groups in total. The van der Waals surface area contributed by atoms with Crippen LogP contribution in [0, 0.1) is 11.8 Å². The lowest BCUT2D eigenvalue weighted by Gasteiger charge is -2.16. The average molecular weight is 263 g/mol. The first-order valence-corrected chi connectivity index (χ1v) is 6.23. The summed E-state index contributed by atoms with van der Waals surface area (Å²) in [5.74, 6) is -1.33. The van der Waals surface area contributed by atoms with Crippen LogP contribution in [0.3, 0.4) is 0 Å². The number of pyridine rings is 1. The SMILES string of the molecule is C[C@@H]1CN(C(=O)NCc2ccccn2)C[C@H]1C(=O)O. The van der Waals surface area contributed by atoms with Gasteiger partial charge in [-0.05, 0) is 18.1 Å². The van der Waals surface area contributed by atoms with Gasteiger partial charge in [0.25, 0.3) is 0 Å². The van der Waals surface area contributed by atoms with Crippen molar-refractivity contribution in [3.63, 3.8) is 0 Å². The third kappa shape index (κ3) is 3.21. The number of hydrogen-bond donors (Lipinski definition) is 2. The van der Waals surface area contributed by atoms with Crippen LogP contribution in [0.2, 0.25) is 0 Å². The van der Waals surface area contributed by atoms with Crippen molar-refractivity contribution in [2.75, 3.05) is 13.1 Å². The Balaban J connectivity index is 1.86. The number of nitrogens with one attached hydrogen (secondary N) is 1. The van der Waals surface area contributed by atoms with Gasteiger partial charge in [0.05, 0.1) is 18.2 Å². The molecule has 0 bridgehead atoms. The van der Waals surface area contributed by atoms with Gasteiger partial charge in [-0.25, -0.2) is 4.79 Å². The normalized spacial score (nSPS) is 22.3. The Morgan fingerprint density at radius 1 is 1.47 bits per heavy atom. The summed E-state index contributed by atoms with van der Waals surface area (Å²) in [4.78, 5) is 28.6. The molecule has 1 aromatic rings. The van der Waals surface area contributed by atoms with Gasteiger partial charge >= 0.3 is 12.0 Å². The molecule has 6 nitrogen and oxygen atoms in total. The second kappa shape index (κ2) is 5.69. The molecule has 2 amide bonds. The summed E-state index contributed by atoms with van der Waals surface area (Å²) in [5.41, 5.74) is 0.776. The van der Waals surface area contributed by atoms with Gasteiger partial charge in [0.1, 0.15) is 0 Å². The van der Waals surface area contributed by atoms with Crippen molar-refractivity contribution < 1.29 is 14.7 Å². The van der Waals surface area contributed by atoms with Crippen LogP contribution in [-0.4, -0.2) is 40.1 Å². The number of amides is 2. The average Bonchev–Trinajstić information content (AvgIpc) is 2.79. The molecule has 2 rings (SSSR count). The summed E-state index contributed by atoms with van der Waals surface area (Å²) in [6.45, 7) is 2.95. The van der Waals surface area contributed by atoms with Crippen molar-refractivity contribution in [2.45, 2.75) is 13.5 Å². The van der Waals surface area contributed by atoms with Crippen LogP contribution in [0.15, 0.2) is 24.4 Å². The molecule has 0 saturated carbocycles. The number of aliphatic carboxylic acids is 1. The molecule has 102 valence electrons. The van der Waals surface area contributed by atoms with Crippen molar-refractivity contribution in [2.24, 2.45) is 11.8 Å². The summed E-state index contributed by atoms with van der Waals surface area (Å²) >= 11 is 0. The standard InChI is InChI=1S/C13H17N3O3/c1-9-7-16(8-11(9)12(17)18)13(19)15-6-10-4-2-3-5-14-10/h2-5,9,11H,6-8H2,1H3,(H,15,19)(H,17,18)/t9-,11-/m1/s1. The first-order valence-electron chi connectivity index (χ1n) is 6.23. The zero-order chi connectivity index (χ0) is 13.8. The quantitative estimate of drug-likeness (QED) is 0.850. The molecule has 1 saturated heterocycles. The Hall–Kier alpha value is -2.11. The number of urea groups is 1. The zero-order valence-electron chi connectivity index (χ0n) is 10.7. The number of rotatable bonds is 3. The van der Waals surface area contributed by atoms with Crippen molar-refractivity contribution in [3.05, 3.63) is 30.1 Å². The Morgan fingerprint density at radius 3 is 2.84 bits per heavy atom. The van der Waals surface area contributed by atoms with E-state index in [4.69, 9.17) is 5.11 Å². The molecule has 0 unspecified atom stereocenters. The van der Waals surface area contributed by atoms with Gasteiger partial charge in [-0.1, -0.05) is 13.0 Å². The minimum absolute atomic E-state index is 0.0156. The number of aromatic nitrogens is 1. The molecule has 2 atom stereocenters. The highest BCUT2D eigenvalue weighted by Crippen LogP contribution is 2.22.